The Morgan fingerprint density at radius 1 is 1.47 bits per heavy atom. The largest absolute Gasteiger partial charge is 0.459 e. The minimum atomic E-state index is -0.386. The molecule has 1 saturated heterocycles. The molecule has 1 aliphatic heterocycles. The van der Waals surface area contributed by atoms with Crippen LogP contribution >= 0.6 is 0 Å². The van der Waals surface area contributed by atoms with Gasteiger partial charge in [0.15, 0.2) is 0 Å². The van der Waals surface area contributed by atoms with Crippen LogP contribution in [-0.4, -0.2) is 31.8 Å². The summed E-state index contributed by atoms with van der Waals surface area (Å²) in [6.45, 7) is 1.67. The number of rotatable bonds is 3. The predicted molar refractivity (Wildman–Crippen MR) is 55.3 cm³/mol. The summed E-state index contributed by atoms with van der Waals surface area (Å²) in [6.07, 6.45) is 4.74. The maximum absolute atomic E-state index is 12.0. The van der Waals surface area contributed by atoms with Gasteiger partial charge in [0.1, 0.15) is 6.10 Å². The van der Waals surface area contributed by atoms with E-state index >= 15 is 0 Å². The van der Waals surface area contributed by atoms with Crippen LogP contribution in [0, 0.1) is 5.41 Å². The van der Waals surface area contributed by atoms with E-state index in [2.05, 4.69) is 0 Å². The van der Waals surface area contributed by atoms with Gasteiger partial charge in [0.05, 0.1) is 18.6 Å². The van der Waals surface area contributed by atoms with E-state index in [1.807, 2.05) is 0 Å². The minimum absolute atomic E-state index is 0.0403. The maximum atomic E-state index is 12.0. The monoisotopic (exact) mass is 213 g/mol. The van der Waals surface area contributed by atoms with Gasteiger partial charge in [-0.15, -0.1) is 0 Å². The molecule has 2 rings (SSSR count). The fourth-order valence-electron chi connectivity index (χ4n) is 2.43. The van der Waals surface area contributed by atoms with Crippen LogP contribution in [0.1, 0.15) is 32.1 Å². The third-order valence-corrected chi connectivity index (χ3v) is 3.55. The van der Waals surface area contributed by atoms with Crippen molar-refractivity contribution in [3.05, 3.63) is 0 Å². The number of hydrogen-bond acceptors (Lipinski definition) is 4. The fourth-order valence-corrected chi connectivity index (χ4v) is 2.43. The molecule has 0 bridgehead atoms. The Balaban J connectivity index is 1.92. The Morgan fingerprint density at radius 3 is 2.73 bits per heavy atom. The summed E-state index contributed by atoms with van der Waals surface area (Å²) in [4.78, 5) is 12.0. The van der Waals surface area contributed by atoms with Crippen molar-refractivity contribution in [1.82, 2.24) is 0 Å². The number of ether oxygens (including phenoxy) is 2. The molecule has 4 nitrogen and oxygen atoms in total. The summed E-state index contributed by atoms with van der Waals surface area (Å²) in [5.74, 6) is -0.0991. The van der Waals surface area contributed by atoms with Crippen LogP contribution in [-0.2, 0) is 14.3 Å². The van der Waals surface area contributed by atoms with Gasteiger partial charge in [0.2, 0.25) is 0 Å². The van der Waals surface area contributed by atoms with Crippen LogP contribution in [0.5, 0.6) is 0 Å². The maximum Gasteiger partial charge on any atom is 0.313 e. The van der Waals surface area contributed by atoms with Gasteiger partial charge >= 0.3 is 5.97 Å². The molecule has 86 valence electrons. The van der Waals surface area contributed by atoms with E-state index in [1.54, 1.807) is 0 Å². The van der Waals surface area contributed by atoms with Crippen molar-refractivity contribution in [1.29, 1.82) is 0 Å². The van der Waals surface area contributed by atoms with Gasteiger partial charge in [0.25, 0.3) is 0 Å². The van der Waals surface area contributed by atoms with Crippen molar-refractivity contribution in [3.8, 4) is 0 Å². The van der Waals surface area contributed by atoms with Gasteiger partial charge in [-0.05, 0) is 12.8 Å². The number of hydrogen-bond donors (Lipinski definition) is 1. The standard InChI is InChI=1S/C11H19NO3/c12-8-11(4-1-2-5-11)10(13)15-9-3-6-14-7-9/h9H,1-8,12H2. The first-order chi connectivity index (χ1) is 7.27. The molecule has 1 saturated carbocycles. The molecule has 1 heterocycles. The Kier molecular flexibility index (Phi) is 3.26. The average Bonchev–Trinajstić information content (AvgIpc) is 2.87. The van der Waals surface area contributed by atoms with Crippen LogP contribution in [0.25, 0.3) is 0 Å². The molecular formula is C11H19NO3. The van der Waals surface area contributed by atoms with Crippen LogP contribution in [0.15, 0.2) is 0 Å². The summed E-state index contributed by atoms with van der Waals surface area (Å²) in [5.41, 5.74) is 5.33. The summed E-state index contributed by atoms with van der Waals surface area (Å²) in [5, 5.41) is 0. The first kappa shape index (κ1) is 10.9. The second-order valence-electron chi connectivity index (χ2n) is 4.58. The van der Waals surface area contributed by atoms with Gasteiger partial charge in [-0.1, -0.05) is 12.8 Å². The topological polar surface area (TPSA) is 61.6 Å². The Bertz CT molecular complexity index is 230. The van der Waals surface area contributed by atoms with Crippen molar-refractivity contribution in [2.75, 3.05) is 19.8 Å². The third kappa shape index (κ3) is 2.16. The normalized spacial score (nSPS) is 29.3. The second kappa shape index (κ2) is 4.49. The van der Waals surface area contributed by atoms with E-state index in [9.17, 15) is 4.79 Å². The van der Waals surface area contributed by atoms with E-state index in [1.165, 1.54) is 0 Å². The highest BCUT2D eigenvalue weighted by molar-refractivity contribution is 5.77. The third-order valence-electron chi connectivity index (χ3n) is 3.55. The summed E-state index contributed by atoms with van der Waals surface area (Å²) < 4.78 is 10.6. The quantitative estimate of drug-likeness (QED) is 0.706. The highest BCUT2D eigenvalue weighted by atomic mass is 16.6. The highest BCUT2D eigenvalue weighted by Gasteiger charge is 2.42. The summed E-state index contributed by atoms with van der Waals surface area (Å²) >= 11 is 0. The molecule has 4 heteroatoms. The molecule has 0 aromatic heterocycles. The van der Waals surface area contributed by atoms with E-state index in [0.717, 1.165) is 32.1 Å². The van der Waals surface area contributed by atoms with E-state index < -0.39 is 0 Å². The molecule has 0 amide bonds. The van der Waals surface area contributed by atoms with Crippen molar-refractivity contribution < 1.29 is 14.3 Å². The minimum Gasteiger partial charge on any atom is -0.459 e. The van der Waals surface area contributed by atoms with E-state index in [-0.39, 0.29) is 17.5 Å². The van der Waals surface area contributed by atoms with Gasteiger partial charge in [-0.2, -0.15) is 0 Å². The number of esters is 1. The van der Waals surface area contributed by atoms with Gasteiger partial charge in [-0.25, -0.2) is 0 Å². The average molecular weight is 213 g/mol. The molecule has 0 spiro atoms. The number of nitrogens with two attached hydrogens (primary N) is 1. The zero-order chi connectivity index (χ0) is 10.7. The molecule has 1 aliphatic carbocycles. The van der Waals surface area contributed by atoms with Gasteiger partial charge in [-0.3, -0.25) is 4.79 Å². The summed E-state index contributed by atoms with van der Waals surface area (Å²) in [7, 11) is 0. The molecule has 0 aromatic rings. The Labute approximate surface area is 90.1 Å². The van der Waals surface area contributed by atoms with E-state index in [4.69, 9.17) is 15.2 Å². The molecule has 1 unspecified atom stereocenters. The second-order valence-corrected chi connectivity index (χ2v) is 4.58. The lowest BCUT2D eigenvalue weighted by Crippen LogP contribution is -2.39. The lowest BCUT2D eigenvalue weighted by molar-refractivity contribution is -0.160. The molecule has 0 aromatic carbocycles. The van der Waals surface area contributed by atoms with Gasteiger partial charge < -0.3 is 15.2 Å². The number of carbonyl (C=O) groups is 1. The zero-order valence-electron chi connectivity index (χ0n) is 9.04. The van der Waals surface area contributed by atoms with E-state index in [0.29, 0.717) is 19.8 Å². The molecule has 2 N–H and O–H groups in total. The zero-order valence-corrected chi connectivity index (χ0v) is 9.04. The van der Waals surface area contributed by atoms with Crippen LogP contribution in [0.4, 0.5) is 0 Å². The lowest BCUT2D eigenvalue weighted by Gasteiger charge is -2.26. The van der Waals surface area contributed by atoms with Gasteiger partial charge in [0, 0.05) is 13.0 Å². The molecule has 15 heavy (non-hydrogen) atoms. The fraction of sp³-hybridized carbons (Fsp3) is 0.909. The predicted octanol–water partition coefficient (Wildman–Crippen LogP) is 0.838. The molecule has 1 atom stereocenters. The first-order valence-corrected chi connectivity index (χ1v) is 5.76. The smallest absolute Gasteiger partial charge is 0.313 e. The Hall–Kier alpha value is -0.610. The van der Waals surface area contributed by atoms with Crippen molar-refractivity contribution in [3.63, 3.8) is 0 Å². The first-order valence-electron chi connectivity index (χ1n) is 5.76. The highest BCUT2D eigenvalue weighted by Crippen LogP contribution is 2.38. The van der Waals surface area contributed by atoms with Crippen molar-refractivity contribution in [2.45, 2.75) is 38.2 Å². The SMILES string of the molecule is NCC1(C(=O)OC2CCOC2)CCCC1. The molecule has 2 fully saturated rings. The lowest BCUT2D eigenvalue weighted by atomic mass is 9.86. The Morgan fingerprint density at radius 2 is 2.20 bits per heavy atom. The van der Waals surface area contributed by atoms with Crippen LogP contribution in [0.2, 0.25) is 0 Å². The van der Waals surface area contributed by atoms with Crippen molar-refractivity contribution >= 4 is 5.97 Å². The summed E-state index contributed by atoms with van der Waals surface area (Å²) in [6, 6.07) is 0. The van der Waals surface area contributed by atoms with Crippen LogP contribution in [0.3, 0.4) is 0 Å². The molecule has 2 aliphatic rings. The molecule has 0 radical (unpaired) electrons. The van der Waals surface area contributed by atoms with Crippen LogP contribution < -0.4 is 5.73 Å². The van der Waals surface area contributed by atoms with Crippen molar-refractivity contribution in [2.24, 2.45) is 11.1 Å². The molecular weight excluding hydrogens is 194 g/mol. The number of carbonyl (C=O) groups excluding carboxylic acids is 1.